The molecular weight excluding hydrogens is 286 g/mol. The van der Waals surface area contributed by atoms with Crippen molar-refractivity contribution >= 4 is 28.5 Å². The summed E-state index contributed by atoms with van der Waals surface area (Å²) < 4.78 is 0. The molecule has 0 N–H and O–H groups in total. The summed E-state index contributed by atoms with van der Waals surface area (Å²) in [6.07, 6.45) is 0.366. The molecule has 0 amide bonds. The van der Waals surface area contributed by atoms with E-state index in [1.165, 1.54) is 9.75 Å². The average Bonchev–Trinajstić information content (AvgIpc) is 3.09. The molecule has 2 nitrogen and oxygen atoms in total. The summed E-state index contributed by atoms with van der Waals surface area (Å²) in [5, 5.41) is 2.98. The Morgan fingerprint density at radius 3 is 2.65 bits per heavy atom. The van der Waals surface area contributed by atoms with Gasteiger partial charge in [0, 0.05) is 15.8 Å². The molecule has 2 aromatic heterocycles. The Kier molecular flexibility index (Phi) is 3.76. The first-order chi connectivity index (χ1) is 9.72. The SMILES string of the molecule is Cc1ccc(-c2nc(CC(=O)c3ccccc3)cs2)s1. The van der Waals surface area contributed by atoms with Gasteiger partial charge in [0.1, 0.15) is 5.01 Å². The Morgan fingerprint density at radius 2 is 1.95 bits per heavy atom. The highest BCUT2D eigenvalue weighted by atomic mass is 32.1. The Hall–Kier alpha value is -1.78. The van der Waals surface area contributed by atoms with Crippen molar-refractivity contribution in [3.63, 3.8) is 0 Å². The van der Waals surface area contributed by atoms with E-state index in [0.29, 0.717) is 6.42 Å². The number of ketones is 1. The van der Waals surface area contributed by atoms with E-state index in [9.17, 15) is 4.79 Å². The summed E-state index contributed by atoms with van der Waals surface area (Å²) in [5.74, 6) is 0.116. The van der Waals surface area contributed by atoms with Gasteiger partial charge in [-0.05, 0) is 19.1 Å². The molecular formula is C16H13NOS2. The van der Waals surface area contributed by atoms with Gasteiger partial charge in [0.25, 0.3) is 0 Å². The molecule has 20 heavy (non-hydrogen) atoms. The third kappa shape index (κ3) is 2.86. The fourth-order valence-electron chi connectivity index (χ4n) is 1.94. The van der Waals surface area contributed by atoms with Gasteiger partial charge < -0.3 is 0 Å². The van der Waals surface area contributed by atoms with Crippen molar-refractivity contribution in [3.05, 3.63) is 64.0 Å². The molecule has 2 heterocycles. The van der Waals surface area contributed by atoms with Crippen molar-refractivity contribution in [2.24, 2.45) is 0 Å². The lowest BCUT2D eigenvalue weighted by Crippen LogP contribution is -2.03. The molecule has 0 aliphatic heterocycles. The number of aryl methyl sites for hydroxylation is 1. The van der Waals surface area contributed by atoms with E-state index in [0.717, 1.165) is 16.3 Å². The van der Waals surface area contributed by atoms with Crippen molar-refractivity contribution in [1.82, 2.24) is 4.98 Å². The summed E-state index contributed by atoms with van der Waals surface area (Å²) in [6.45, 7) is 2.08. The topological polar surface area (TPSA) is 30.0 Å². The van der Waals surface area contributed by atoms with Gasteiger partial charge in [-0.3, -0.25) is 4.79 Å². The molecule has 0 fully saturated rings. The number of rotatable bonds is 4. The van der Waals surface area contributed by atoms with Crippen molar-refractivity contribution in [2.75, 3.05) is 0 Å². The minimum absolute atomic E-state index is 0.116. The number of benzene rings is 1. The van der Waals surface area contributed by atoms with Crippen LogP contribution in [0.2, 0.25) is 0 Å². The number of thiophene rings is 1. The predicted octanol–water partition coefficient (Wildman–Crippen LogP) is 4.61. The van der Waals surface area contributed by atoms with Gasteiger partial charge in [-0.1, -0.05) is 30.3 Å². The van der Waals surface area contributed by atoms with Crippen LogP contribution in [0.5, 0.6) is 0 Å². The number of thiazole rings is 1. The molecule has 0 saturated carbocycles. The van der Waals surface area contributed by atoms with Crippen molar-refractivity contribution in [1.29, 1.82) is 0 Å². The van der Waals surface area contributed by atoms with Gasteiger partial charge in [0.2, 0.25) is 0 Å². The Labute approximate surface area is 125 Å². The molecule has 0 bridgehead atoms. The van der Waals surface area contributed by atoms with Crippen molar-refractivity contribution in [2.45, 2.75) is 13.3 Å². The van der Waals surface area contributed by atoms with Gasteiger partial charge in [-0.25, -0.2) is 4.98 Å². The summed E-state index contributed by atoms with van der Waals surface area (Å²) in [5.41, 5.74) is 1.60. The molecule has 0 aliphatic rings. The lowest BCUT2D eigenvalue weighted by molar-refractivity contribution is 0.0992. The van der Waals surface area contributed by atoms with Gasteiger partial charge in [-0.15, -0.1) is 22.7 Å². The van der Waals surface area contributed by atoms with Crippen LogP contribution in [-0.2, 0) is 6.42 Å². The van der Waals surface area contributed by atoms with Crippen LogP contribution in [0.4, 0.5) is 0 Å². The van der Waals surface area contributed by atoms with Crippen LogP contribution in [0.3, 0.4) is 0 Å². The van der Waals surface area contributed by atoms with Crippen LogP contribution in [0.1, 0.15) is 20.9 Å². The van der Waals surface area contributed by atoms with E-state index in [1.54, 1.807) is 22.7 Å². The quantitative estimate of drug-likeness (QED) is 0.659. The maximum absolute atomic E-state index is 12.1. The van der Waals surface area contributed by atoms with E-state index in [4.69, 9.17) is 0 Å². The first-order valence-corrected chi connectivity index (χ1v) is 8.01. The molecule has 3 aromatic rings. The molecule has 0 radical (unpaired) electrons. The third-order valence-corrected chi connectivity index (χ3v) is 5.00. The van der Waals surface area contributed by atoms with Crippen LogP contribution in [0.15, 0.2) is 47.8 Å². The lowest BCUT2D eigenvalue weighted by Gasteiger charge is -1.97. The second-order valence-electron chi connectivity index (χ2n) is 4.52. The minimum atomic E-state index is 0.116. The zero-order valence-electron chi connectivity index (χ0n) is 11.0. The second kappa shape index (κ2) is 5.69. The van der Waals surface area contributed by atoms with Crippen molar-refractivity contribution < 1.29 is 4.79 Å². The van der Waals surface area contributed by atoms with Crippen LogP contribution >= 0.6 is 22.7 Å². The highest BCUT2D eigenvalue weighted by molar-refractivity contribution is 7.21. The van der Waals surface area contributed by atoms with E-state index < -0.39 is 0 Å². The highest BCUT2D eigenvalue weighted by Crippen LogP contribution is 2.30. The molecule has 3 rings (SSSR count). The fraction of sp³-hybridized carbons (Fsp3) is 0.125. The summed E-state index contributed by atoms with van der Waals surface area (Å²) in [7, 11) is 0. The highest BCUT2D eigenvalue weighted by Gasteiger charge is 2.11. The van der Waals surface area contributed by atoms with Crippen LogP contribution in [0.25, 0.3) is 9.88 Å². The fourth-order valence-corrected chi connectivity index (χ4v) is 3.70. The number of hydrogen-bond acceptors (Lipinski definition) is 4. The molecule has 0 aliphatic carbocycles. The molecule has 4 heteroatoms. The van der Waals surface area contributed by atoms with E-state index >= 15 is 0 Å². The summed E-state index contributed by atoms with van der Waals surface area (Å²) >= 11 is 3.33. The van der Waals surface area contributed by atoms with Crippen LogP contribution in [0, 0.1) is 6.92 Å². The number of carbonyl (C=O) groups excluding carboxylic acids is 1. The monoisotopic (exact) mass is 299 g/mol. The first kappa shape index (κ1) is 13.2. The van der Waals surface area contributed by atoms with Gasteiger partial charge in [0.05, 0.1) is 17.0 Å². The smallest absolute Gasteiger partial charge is 0.168 e. The second-order valence-corrected chi connectivity index (χ2v) is 6.67. The zero-order chi connectivity index (χ0) is 13.9. The number of Topliss-reactive ketones (excluding diaryl/α,β-unsaturated/α-hetero) is 1. The normalized spacial score (nSPS) is 10.7. The third-order valence-electron chi connectivity index (χ3n) is 2.94. The van der Waals surface area contributed by atoms with Gasteiger partial charge in [0.15, 0.2) is 5.78 Å². The maximum Gasteiger partial charge on any atom is 0.168 e. The molecule has 100 valence electrons. The first-order valence-electron chi connectivity index (χ1n) is 6.32. The number of hydrogen-bond donors (Lipinski definition) is 0. The summed E-state index contributed by atoms with van der Waals surface area (Å²) in [4.78, 5) is 19.1. The molecule has 0 atom stereocenters. The van der Waals surface area contributed by atoms with Crippen molar-refractivity contribution in [3.8, 4) is 9.88 Å². The molecule has 0 saturated heterocycles. The Balaban J connectivity index is 1.76. The number of nitrogens with zero attached hydrogens (tertiary/aromatic N) is 1. The molecule has 0 unspecified atom stereocenters. The Morgan fingerprint density at radius 1 is 1.15 bits per heavy atom. The number of aromatic nitrogens is 1. The molecule has 1 aromatic carbocycles. The van der Waals surface area contributed by atoms with Gasteiger partial charge >= 0.3 is 0 Å². The standard InChI is InChI=1S/C16H13NOS2/c1-11-7-8-15(20-11)16-17-13(10-19-16)9-14(18)12-5-3-2-4-6-12/h2-8,10H,9H2,1H3. The minimum Gasteiger partial charge on any atom is -0.294 e. The predicted molar refractivity (Wildman–Crippen MR) is 84.6 cm³/mol. The Bertz CT molecular complexity index is 728. The van der Waals surface area contributed by atoms with E-state index in [2.05, 4.69) is 24.0 Å². The van der Waals surface area contributed by atoms with Crippen LogP contribution < -0.4 is 0 Å². The van der Waals surface area contributed by atoms with Crippen LogP contribution in [-0.4, -0.2) is 10.8 Å². The van der Waals surface area contributed by atoms with Gasteiger partial charge in [-0.2, -0.15) is 0 Å². The molecule has 0 spiro atoms. The maximum atomic E-state index is 12.1. The lowest BCUT2D eigenvalue weighted by atomic mass is 10.1. The zero-order valence-corrected chi connectivity index (χ0v) is 12.6. The largest absolute Gasteiger partial charge is 0.294 e. The number of carbonyl (C=O) groups is 1. The average molecular weight is 299 g/mol. The van der Waals surface area contributed by atoms with E-state index in [1.807, 2.05) is 35.7 Å². The van der Waals surface area contributed by atoms with E-state index in [-0.39, 0.29) is 5.78 Å². The summed E-state index contributed by atoms with van der Waals surface area (Å²) in [6, 6.07) is 13.5.